The molecule has 106 valence electrons. The van der Waals surface area contributed by atoms with Gasteiger partial charge in [0.1, 0.15) is 5.76 Å². The summed E-state index contributed by atoms with van der Waals surface area (Å²) in [5, 5.41) is 6.10. The molecule has 1 aromatic rings. The Morgan fingerprint density at radius 3 is 2.89 bits per heavy atom. The molecule has 2 heterocycles. The second-order valence-electron chi connectivity index (χ2n) is 5.13. The molecule has 0 bridgehead atoms. The lowest BCUT2D eigenvalue weighted by Gasteiger charge is -2.31. The molecule has 0 aliphatic carbocycles. The molecular weight excluding hydrogens is 242 g/mol. The van der Waals surface area contributed by atoms with Crippen LogP contribution in [0.4, 0.5) is 0 Å². The quantitative estimate of drug-likeness (QED) is 0.800. The fourth-order valence-electron chi connectivity index (χ4n) is 2.50. The molecule has 5 nitrogen and oxygen atoms in total. The summed E-state index contributed by atoms with van der Waals surface area (Å²) in [6.45, 7) is 4.08. The summed E-state index contributed by atoms with van der Waals surface area (Å²) in [5.74, 6) is 1.62. The maximum atomic E-state index is 11.8. The van der Waals surface area contributed by atoms with E-state index in [9.17, 15) is 4.79 Å². The van der Waals surface area contributed by atoms with Crippen molar-refractivity contribution in [3.05, 3.63) is 24.2 Å². The zero-order valence-electron chi connectivity index (χ0n) is 11.5. The van der Waals surface area contributed by atoms with Gasteiger partial charge in [-0.1, -0.05) is 0 Å². The smallest absolute Gasteiger partial charge is 0.234 e. The Hall–Kier alpha value is -1.33. The van der Waals surface area contributed by atoms with E-state index in [1.54, 1.807) is 6.26 Å². The van der Waals surface area contributed by atoms with E-state index in [1.807, 2.05) is 19.2 Å². The van der Waals surface area contributed by atoms with Gasteiger partial charge in [0.05, 0.1) is 19.4 Å². The maximum Gasteiger partial charge on any atom is 0.234 e. The van der Waals surface area contributed by atoms with Crippen molar-refractivity contribution in [1.29, 1.82) is 0 Å². The minimum Gasteiger partial charge on any atom is -0.467 e. The fraction of sp³-hybridized carbons (Fsp3) is 0.643. The molecule has 1 amide bonds. The van der Waals surface area contributed by atoms with Crippen molar-refractivity contribution in [1.82, 2.24) is 15.5 Å². The lowest BCUT2D eigenvalue weighted by Crippen LogP contribution is -2.42. The Bertz CT molecular complexity index is 370. The molecule has 19 heavy (non-hydrogen) atoms. The largest absolute Gasteiger partial charge is 0.467 e. The first-order chi connectivity index (χ1) is 9.28. The average Bonchev–Trinajstić information content (AvgIpc) is 2.92. The first kappa shape index (κ1) is 14.1. The van der Waals surface area contributed by atoms with Crippen molar-refractivity contribution in [2.45, 2.75) is 19.4 Å². The Balaban J connectivity index is 1.63. The number of amides is 1. The van der Waals surface area contributed by atoms with Crippen LogP contribution in [0.5, 0.6) is 0 Å². The first-order valence-corrected chi connectivity index (χ1v) is 6.94. The fourth-order valence-corrected chi connectivity index (χ4v) is 2.50. The van der Waals surface area contributed by atoms with Crippen LogP contribution in [0.1, 0.15) is 18.6 Å². The van der Waals surface area contributed by atoms with E-state index in [4.69, 9.17) is 4.42 Å². The molecule has 0 spiro atoms. The summed E-state index contributed by atoms with van der Waals surface area (Å²) in [6.07, 6.45) is 3.96. The highest BCUT2D eigenvalue weighted by Gasteiger charge is 2.20. The number of rotatable bonds is 6. The zero-order valence-corrected chi connectivity index (χ0v) is 11.5. The molecule has 1 saturated heterocycles. The monoisotopic (exact) mass is 265 g/mol. The van der Waals surface area contributed by atoms with Crippen molar-refractivity contribution < 1.29 is 9.21 Å². The summed E-state index contributed by atoms with van der Waals surface area (Å²) in [7, 11) is 1.99. The molecule has 2 rings (SSSR count). The predicted octanol–water partition coefficient (Wildman–Crippen LogP) is 0.827. The molecule has 1 aliphatic heterocycles. The van der Waals surface area contributed by atoms with Gasteiger partial charge in [-0.3, -0.25) is 9.69 Å². The zero-order chi connectivity index (χ0) is 13.5. The number of piperidine rings is 1. The Labute approximate surface area is 114 Å². The van der Waals surface area contributed by atoms with Crippen LogP contribution in [0.25, 0.3) is 0 Å². The van der Waals surface area contributed by atoms with Crippen LogP contribution in [-0.2, 0) is 11.3 Å². The lowest BCUT2D eigenvalue weighted by molar-refractivity contribution is -0.122. The van der Waals surface area contributed by atoms with Crippen LogP contribution in [0.3, 0.4) is 0 Å². The molecule has 0 unspecified atom stereocenters. The summed E-state index contributed by atoms with van der Waals surface area (Å²) in [5.41, 5.74) is 0. The van der Waals surface area contributed by atoms with Crippen LogP contribution < -0.4 is 10.6 Å². The van der Waals surface area contributed by atoms with Gasteiger partial charge in [0.15, 0.2) is 0 Å². The van der Waals surface area contributed by atoms with Crippen molar-refractivity contribution in [3.8, 4) is 0 Å². The van der Waals surface area contributed by atoms with Gasteiger partial charge in [0.2, 0.25) is 5.91 Å². The average molecular weight is 265 g/mol. The van der Waals surface area contributed by atoms with Crippen LogP contribution in [0.15, 0.2) is 22.8 Å². The third-order valence-electron chi connectivity index (χ3n) is 3.61. The van der Waals surface area contributed by atoms with E-state index in [-0.39, 0.29) is 5.91 Å². The third-order valence-corrected chi connectivity index (χ3v) is 3.61. The van der Waals surface area contributed by atoms with Gasteiger partial charge in [-0.25, -0.2) is 0 Å². The van der Waals surface area contributed by atoms with Gasteiger partial charge in [0.25, 0.3) is 0 Å². The van der Waals surface area contributed by atoms with Gasteiger partial charge in [0, 0.05) is 0 Å². The predicted molar refractivity (Wildman–Crippen MR) is 73.6 cm³/mol. The summed E-state index contributed by atoms with van der Waals surface area (Å²) >= 11 is 0. The minimum absolute atomic E-state index is 0.0727. The SMILES string of the molecule is CNCC1CCN(CC(=O)NCc2ccco2)CC1. The van der Waals surface area contributed by atoms with Gasteiger partial charge in [-0.15, -0.1) is 0 Å². The van der Waals surface area contributed by atoms with Crippen LogP contribution >= 0.6 is 0 Å². The number of likely N-dealkylation sites (tertiary alicyclic amines) is 1. The lowest BCUT2D eigenvalue weighted by atomic mass is 9.97. The number of carbonyl (C=O) groups excluding carboxylic acids is 1. The number of nitrogens with zero attached hydrogens (tertiary/aromatic N) is 1. The molecular formula is C14H23N3O2. The Kier molecular flexibility index (Phi) is 5.42. The van der Waals surface area contributed by atoms with Crippen molar-refractivity contribution in [2.75, 3.05) is 33.2 Å². The molecule has 0 radical (unpaired) electrons. The number of hydrogen-bond acceptors (Lipinski definition) is 4. The molecule has 1 aromatic heterocycles. The number of hydrogen-bond donors (Lipinski definition) is 2. The van der Waals surface area contributed by atoms with Crippen molar-refractivity contribution in [2.24, 2.45) is 5.92 Å². The highest BCUT2D eigenvalue weighted by Crippen LogP contribution is 2.15. The van der Waals surface area contributed by atoms with E-state index in [0.29, 0.717) is 13.1 Å². The van der Waals surface area contributed by atoms with Gasteiger partial charge in [-0.2, -0.15) is 0 Å². The van der Waals surface area contributed by atoms with Crippen LogP contribution in [0, 0.1) is 5.92 Å². The normalized spacial score (nSPS) is 17.5. The van der Waals surface area contributed by atoms with Crippen LogP contribution in [0.2, 0.25) is 0 Å². The second-order valence-corrected chi connectivity index (χ2v) is 5.13. The van der Waals surface area contributed by atoms with E-state index < -0.39 is 0 Å². The first-order valence-electron chi connectivity index (χ1n) is 6.94. The molecule has 1 fully saturated rings. The number of furan rings is 1. The number of nitrogens with one attached hydrogen (secondary N) is 2. The summed E-state index contributed by atoms with van der Waals surface area (Å²) in [4.78, 5) is 14.0. The third kappa shape index (κ3) is 4.69. The maximum absolute atomic E-state index is 11.8. The topological polar surface area (TPSA) is 57.5 Å². The van der Waals surface area contributed by atoms with Gasteiger partial charge in [-0.05, 0) is 57.6 Å². The Morgan fingerprint density at radius 2 is 2.26 bits per heavy atom. The molecule has 0 saturated carbocycles. The summed E-state index contributed by atoms with van der Waals surface area (Å²) < 4.78 is 5.18. The van der Waals surface area contributed by atoms with E-state index in [0.717, 1.165) is 31.3 Å². The van der Waals surface area contributed by atoms with Crippen molar-refractivity contribution >= 4 is 5.91 Å². The van der Waals surface area contributed by atoms with Gasteiger partial charge < -0.3 is 15.1 Å². The molecule has 5 heteroatoms. The molecule has 1 aliphatic rings. The Morgan fingerprint density at radius 1 is 1.47 bits per heavy atom. The molecule has 0 aromatic carbocycles. The van der Waals surface area contributed by atoms with E-state index in [1.165, 1.54) is 12.8 Å². The van der Waals surface area contributed by atoms with E-state index >= 15 is 0 Å². The highest BCUT2D eigenvalue weighted by molar-refractivity contribution is 5.77. The van der Waals surface area contributed by atoms with Crippen LogP contribution in [-0.4, -0.2) is 44.0 Å². The minimum atomic E-state index is 0.0727. The molecule has 0 atom stereocenters. The second kappa shape index (κ2) is 7.31. The number of carbonyl (C=O) groups is 1. The highest BCUT2D eigenvalue weighted by atomic mass is 16.3. The molecule has 2 N–H and O–H groups in total. The van der Waals surface area contributed by atoms with Gasteiger partial charge >= 0.3 is 0 Å². The standard InChI is InChI=1S/C14H23N3O2/c1-15-9-12-4-6-17(7-5-12)11-14(18)16-10-13-3-2-8-19-13/h2-3,8,12,15H,4-7,9-11H2,1H3,(H,16,18). The van der Waals surface area contributed by atoms with Crippen molar-refractivity contribution in [3.63, 3.8) is 0 Å². The van der Waals surface area contributed by atoms with E-state index in [2.05, 4.69) is 15.5 Å². The summed E-state index contributed by atoms with van der Waals surface area (Å²) in [6, 6.07) is 3.69.